The lowest BCUT2D eigenvalue weighted by molar-refractivity contribution is -0.384. The predicted octanol–water partition coefficient (Wildman–Crippen LogP) is 3.54. The Balaban J connectivity index is 1.64. The number of H-pyrrole nitrogens is 1. The van der Waals surface area contributed by atoms with Gasteiger partial charge in [-0.3, -0.25) is 10.1 Å². The fourth-order valence-corrected chi connectivity index (χ4v) is 5.32. The van der Waals surface area contributed by atoms with Gasteiger partial charge in [-0.2, -0.15) is 0 Å². The fourth-order valence-electron chi connectivity index (χ4n) is 4.05. The van der Waals surface area contributed by atoms with Crippen molar-refractivity contribution in [3.05, 3.63) is 58.4 Å². The van der Waals surface area contributed by atoms with Crippen molar-refractivity contribution in [1.29, 1.82) is 0 Å². The van der Waals surface area contributed by atoms with Crippen LogP contribution in [0.5, 0.6) is 0 Å². The Morgan fingerprint density at radius 1 is 1.26 bits per heavy atom. The first-order valence-electron chi connectivity index (χ1n) is 10.2. The van der Waals surface area contributed by atoms with Crippen LogP contribution in [0.2, 0.25) is 0 Å². The molecule has 4 rings (SSSR count). The van der Waals surface area contributed by atoms with Crippen molar-refractivity contribution in [2.45, 2.75) is 43.5 Å². The number of nitrogens with zero attached hydrogens (tertiary/aromatic N) is 3. The van der Waals surface area contributed by atoms with Crippen LogP contribution in [-0.4, -0.2) is 42.4 Å². The molecule has 2 aromatic carbocycles. The van der Waals surface area contributed by atoms with Gasteiger partial charge in [0, 0.05) is 31.1 Å². The Kier molecular flexibility index (Phi) is 5.67. The first-order chi connectivity index (χ1) is 14.7. The van der Waals surface area contributed by atoms with E-state index in [1.807, 2.05) is 29.2 Å². The zero-order chi connectivity index (χ0) is 22.2. The highest BCUT2D eigenvalue weighted by Gasteiger charge is 2.29. The van der Waals surface area contributed by atoms with E-state index in [2.05, 4.69) is 9.71 Å². The van der Waals surface area contributed by atoms with Gasteiger partial charge in [-0.05, 0) is 51.0 Å². The number of nitro benzene ring substituents is 1. The summed E-state index contributed by atoms with van der Waals surface area (Å²) in [5.74, 6) is 0.973. The molecule has 10 heteroatoms. The number of nitro groups is 1. The summed E-state index contributed by atoms with van der Waals surface area (Å²) in [6.07, 6.45) is 1.78. The van der Waals surface area contributed by atoms with E-state index in [4.69, 9.17) is 4.98 Å². The minimum Gasteiger partial charge on any atom is -0.365 e. The molecule has 1 fully saturated rings. The lowest BCUT2D eigenvalue weighted by Crippen LogP contribution is -2.35. The third-order valence-corrected chi connectivity index (χ3v) is 7.06. The van der Waals surface area contributed by atoms with Gasteiger partial charge in [-0.15, -0.1) is 0 Å². The number of hydrogen-bond acceptors (Lipinski definition) is 6. The Hall–Kier alpha value is -2.98. The standard InChI is InChI=1S/C21H25N5O4S/c1-14(2)24-31(29,30)16-9-10-19(20(12-16)26(27)28)25-11-5-6-15(13-25)21-22-17-7-3-4-8-18(17)23-21/h3-4,7-10,12,14-15,24H,5-6,11,13H2,1-2H3,(H,22,23). The van der Waals surface area contributed by atoms with E-state index in [0.29, 0.717) is 18.8 Å². The van der Waals surface area contributed by atoms with Gasteiger partial charge in [0.15, 0.2) is 0 Å². The minimum atomic E-state index is -3.82. The highest BCUT2D eigenvalue weighted by molar-refractivity contribution is 7.89. The van der Waals surface area contributed by atoms with E-state index in [1.165, 1.54) is 12.1 Å². The maximum absolute atomic E-state index is 12.5. The molecule has 2 N–H and O–H groups in total. The number of benzene rings is 2. The van der Waals surface area contributed by atoms with Gasteiger partial charge in [0.1, 0.15) is 11.5 Å². The molecule has 3 aromatic rings. The fraction of sp³-hybridized carbons (Fsp3) is 0.381. The number of imidazole rings is 1. The molecular formula is C21H25N5O4S. The van der Waals surface area contributed by atoms with Crippen LogP contribution in [0, 0.1) is 10.1 Å². The Bertz CT molecular complexity index is 1190. The van der Waals surface area contributed by atoms with Crippen LogP contribution in [0.15, 0.2) is 47.4 Å². The molecule has 0 amide bonds. The summed E-state index contributed by atoms with van der Waals surface area (Å²) >= 11 is 0. The number of fused-ring (bicyclic) bond motifs is 1. The smallest absolute Gasteiger partial charge is 0.293 e. The molecule has 31 heavy (non-hydrogen) atoms. The number of piperidine rings is 1. The molecule has 1 saturated heterocycles. The molecule has 164 valence electrons. The lowest BCUT2D eigenvalue weighted by Gasteiger charge is -2.33. The Morgan fingerprint density at radius 2 is 2.03 bits per heavy atom. The molecule has 0 bridgehead atoms. The van der Waals surface area contributed by atoms with Gasteiger partial charge in [0.2, 0.25) is 10.0 Å². The molecule has 0 spiro atoms. The SMILES string of the molecule is CC(C)NS(=O)(=O)c1ccc(N2CCCC(c3nc4ccccc4[nH]3)C2)c([N+](=O)[O-])c1. The molecule has 0 aliphatic carbocycles. The zero-order valence-corrected chi connectivity index (χ0v) is 18.2. The van der Waals surface area contributed by atoms with E-state index in [0.717, 1.165) is 35.8 Å². The number of hydrogen-bond donors (Lipinski definition) is 2. The van der Waals surface area contributed by atoms with Gasteiger partial charge in [0.05, 0.1) is 20.9 Å². The van der Waals surface area contributed by atoms with E-state index in [1.54, 1.807) is 13.8 Å². The number of aromatic amines is 1. The summed E-state index contributed by atoms with van der Waals surface area (Å²) in [6, 6.07) is 11.6. The van der Waals surface area contributed by atoms with Crippen molar-refractivity contribution < 1.29 is 13.3 Å². The molecular weight excluding hydrogens is 418 g/mol. The topological polar surface area (TPSA) is 121 Å². The average molecular weight is 444 g/mol. The summed E-state index contributed by atoms with van der Waals surface area (Å²) in [6.45, 7) is 4.63. The molecule has 1 unspecified atom stereocenters. The zero-order valence-electron chi connectivity index (χ0n) is 17.4. The van der Waals surface area contributed by atoms with Gasteiger partial charge >= 0.3 is 0 Å². The summed E-state index contributed by atoms with van der Waals surface area (Å²) in [4.78, 5) is 21.2. The second kappa shape index (κ2) is 8.27. The van der Waals surface area contributed by atoms with E-state index in [9.17, 15) is 18.5 Å². The van der Waals surface area contributed by atoms with Crippen LogP contribution < -0.4 is 9.62 Å². The highest BCUT2D eigenvalue weighted by Crippen LogP contribution is 2.36. The van der Waals surface area contributed by atoms with Gasteiger partial charge in [-0.1, -0.05) is 12.1 Å². The second-order valence-electron chi connectivity index (χ2n) is 8.11. The summed E-state index contributed by atoms with van der Waals surface area (Å²) in [7, 11) is -3.82. The van der Waals surface area contributed by atoms with Crippen LogP contribution in [-0.2, 0) is 10.0 Å². The van der Waals surface area contributed by atoms with Crippen molar-refractivity contribution in [2.75, 3.05) is 18.0 Å². The van der Waals surface area contributed by atoms with Crippen molar-refractivity contribution in [1.82, 2.24) is 14.7 Å². The number of nitrogens with one attached hydrogen (secondary N) is 2. The maximum atomic E-state index is 12.5. The van der Waals surface area contributed by atoms with Crippen molar-refractivity contribution in [3.8, 4) is 0 Å². The molecule has 1 atom stereocenters. The number of sulfonamides is 1. The normalized spacial score (nSPS) is 17.4. The molecule has 9 nitrogen and oxygen atoms in total. The van der Waals surface area contributed by atoms with Crippen LogP contribution in [0.25, 0.3) is 11.0 Å². The van der Waals surface area contributed by atoms with Crippen molar-refractivity contribution >= 4 is 32.4 Å². The third kappa shape index (κ3) is 4.40. The minimum absolute atomic E-state index is 0.103. The lowest BCUT2D eigenvalue weighted by atomic mass is 9.96. The van der Waals surface area contributed by atoms with E-state index < -0.39 is 14.9 Å². The molecule has 2 heterocycles. The Labute approximate surface area is 180 Å². The maximum Gasteiger partial charge on any atom is 0.293 e. The van der Waals surface area contributed by atoms with Crippen molar-refractivity contribution in [2.24, 2.45) is 0 Å². The van der Waals surface area contributed by atoms with E-state index in [-0.39, 0.29) is 22.5 Å². The van der Waals surface area contributed by atoms with Gasteiger partial charge in [-0.25, -0.2) is 18.1 Å². The molecule has 1 aliphatic heterocycles. The second-order valence-corrected chi connectivity index (χ2v) is 9.82. The van der Waals surface area contributed by atoms with Crippen molar-refractivity contribution in [3.63, 3.8) is 0 Å². The van der Waals surface area contributed by atoms with E-state index >= 15 is 0 Å². The monoisotopic (exact) mass is 443 g/mol. The number of rotatable bonds is 6. The first-order valence-corrected chi connectivity index (χ1v) is 11.7. The number of aromatic nitrogens is 2. The molecule has 0 saturated carbocycles. The highest BCUT2D eigenvalue weighted by atomic mass is 32.2. The van der Waals surface area contributed by atoms with Crippen LogP contribution >= 0.6 is 0 Å². The summed E-state index contributed by atoms with van der Waals surface area (Å²) in [5, 5.41) is 11.8. The Morgan fingerprint density at radius 3 is 2.74 bits per heavy atom. The number of para-hydroxylation sites is 2. The molecule has 0 radical (unpaired) electrons. The van der Waals surface area contributed by atoms with Gasteiger partial charge in [0.25, 0.3) is 5.69 Å². The summed E-state index contributed by atoms with van der Waals surface area (Å²) < 4.78 is 27.4. The van der Waals surface area contributed by atoms with Gasteiger partial charge < -0.3 is 9.88 Å². The average Bonchev–Trinajstić information content (AvgIpc) is 3.17. The molecule has 1 aliphatic rings. The summed E-state index contributed by atoms with van der Waals surface area (Å²) in [5.41, 5.74) is 2.08. The number of anilines is 1. The molecule has 1 aromatic heterocycles. The first kappa shape index (κ1) is 21.3. The van der Waals surface area contributed by atoms with Crippen LogP contribution in [0.1, 0.15) is 38.4 Å². The van der Waals surface area contributed by atoms with Crippen LogP contribution in [0.4, 0.5) is 11.4 Å². The third-order valence-electron chi connectivity index (χ3n) is 5.40. The largest absolute Gasteiger partial charge is 0.365 e. The van der Waals surface area contributed by atoms with Crippen LogP contribution in [0.3, 0.4) is 0 Å². The quantitative estimate of drug-likeness (QED) is 0.444. The predicted molar refractivity (Wildman–Crippen MR) is 119 cm³/mol.